The number of rotatable bonds is 10. The summed E-state index contributed by atoms with van der Waals surface area (Å²) in [5, 5.41) is 24.4. The molecule has 1 saturated heterocycles. The Bertz CT molecular complexity index is 1760. The molecule has 0 saturated carbocycles. The highest BCUT2D eigenvalue weighted by Crippen LogP contribution is 2.17. The average Bonchev–Trinajstić information content (AvgIpc) is 3.07. The molecule has 16 nitrogen and oxygen atoms in total. The second-order valence-corrected chi connectivity index (χ2v) is 11.9. The number of fused-ring (bicyclic) bond motifs is 1. The molecule has 4 atom stereocenters. The lowest BCUT2D eigenvalue weighted by Gasteiger charge is -2.25. The molecule has 1 heterocycles. The van der Waals surface area contributed by atoms with Crippen molar-refractivity contribution < 1.29 is 33.9 Å². The second-order valence-electron chi connectivity index (χ2n) is 11.9. The number of aliphatic imine (C=N–C) groups is 1. The van der Waals surface area contributed by atoms with Crippen LogP contribution in [0.3, 0.4) is 0 Å². The van der Waals surface area contributed by atoms with Gasteiger partial charge in [-0.15, -0.1) is 0 Å². The lowest BCUT2D eigenvalue weighted by molar-refractivity contribution is -0.135. The molecule has 4 rings (SSSR count). The third-order valence-corrected chi connectivity index (χ3v) is 7.95. The van der Waals surface area contributed by atoms with Gasteiger partial charge < -0.3 is 48.9 Å². The van der Waals surface area contributed by atoms with Crippen LogP contribution in [0.2, 0.25) is 0 Å². The summed E-state index contributed by atoms with van der Waals surface area (Å²) in [6, 6.07) is 13.8. The number of benzene rings is 3. The highest BCUT2D eigenvalue weighted by molar-refractivity contribution is 5.98. The van der Waals surface area contributed by atoms with Crippen molar-refractivity contribution >= 4 is 52.2 Å². The molecule has 0 aliphatic carbocycles. The maximum absolute atomic E-state index is 13.8. The molecule has 3 aromatic rings. The largest absolute Gasteiger partial charge is 0.508 e. The standard InChI is InChI=1S/C34H41N9O7/c35-28(45)17-27-33(50)41-24(6-3-13-38-34(36)37)31(48)42-25(16-20-7-10-21-4-1-2-5-22(21)14-20)30(47)39-18-29(46)40-26(32(49)43-27)15-19-8-11-23(44)12-9-19/h1-2,4-5,7-12,14,24-27,44H,3,6,13,15-18H2,(H2,35,45)(H,39,47)(H,40,46)(H,41,50)(H,42,48)(H,43,49)(H4,36,37,38). The molecule has 0 spiro atoms. The van der Waals surface area contributed by atoms with E-state index in [0.717, 1.165) is 10.8 Å². The molecule has 16 heteroatoms. The van der Waals surface area contributed by atoms with Gasteiger partial charge in [0.15, 0.2) is 5.96 Å². The summed E-state index contributed by atoms with van der Waals surface area (Å²) >= 11 is 0. The third-order valence-electron chi connectivity index (χ3n) is 7.95. The maximum atomic E-state index is 13.8. The maximum Gasteiger partial charge on any atom is 0.243 e. The number of primary amides is 1. The molecule has 6 amide bonds. The van der Waals surface area contributed by atoms with Gasteiger partial charge in [-0.25, -0.2) is 0 Å². The summed E-state index contributed by atoms with van der Waals surface area (Å²) in [5.41, 5.74) is 17.5. The van der Waals surface area contributed by atoms with Gasteiger partial charge >= 0.3 is 0 Å². The summed E-state index contributed by atoms with van der Waals surface area (Å²) in [5.74, 6) is -5.00. The number of nitrogens with zero attached hydrogens (tertiary/aromatic N) is 1. The molecular formula is C34H41N9O7. The summed E-state index contributed by atoms with van der Waals surface area (Å²) in [4.78, 5) is 83.4. The van der Waals surface area contributed by atoms with Crippen LogP contribution in [0.1, 0.15) is 30.4 Å². The number of amides is 6. The zero-order valence-corrected chi connectivity index (χ0v) is 27.2. The van der Waals surface area contributed by atoms with Crippen molar-refractivity contribution in [3.8, 4) is 5.75 Å². The second kappa shape index (κ2) is 17.3. The van der Waals surface area contributed by atoms with Gasteiger partial charge in [-0.05, 0) is 46.9 Å². The first-order valence-electron chi connectivity index (χ1n) is 16.0. The number of phenols is 1. The Kier molecular flexibility index (Phi) is 12.7. The topological polar surface area (TPSA) is 273 Å². The van der Waals surface area contributed by atoms with Gasteiger partial charge in [0.25, 0.3) is 0 Å². The summed E-state index contributed by atoms with van der Waals surface area (Å²) in [6.07, 6.45) is -0.414. The van der Waals surface area contributed by atoms with E-state index in [0.29, 0.717) is 11.1 Å². The summed E-state index contributed by atoms with van der Waals surface area (Å²) < 4.78 is 0. The number of carbonyl (C=O) groups is 6. The molecule has 50 heavy (non-hydrogen) atoms. The van der Waals surface area contributed by atoms with Crippen molar-refractivity contribution in [3.63, 3.8) is 0 Å². The first kappa shape index (κ1) is 36.6. The number of phenolic OH excluding ortho intramolecular Hbond substituents is 1. The highest BCUT2D eigenvalue weighted by Gasteiger charge is 2.33. The minimum absolute atomic E-state index is 0.0133. The van der Waals surface area contributed by atoms with Crippen LogP contribution in [0, 0.1) is 0 Å². The Labute approximate surface area is 287 Å². The van der Waals surface area contributed by atoms with Gasteiger partial charge in [0.1, 0.15) is 29.9 Å². The van der Waals surface area contributed by atoms with Crippen LogP contribution in [0.25, 0.3) is 10.8 Å². The zero-order chi connectivity index (χ0) is 36.2. The van der Waals surface area contributed by atoms with Crippen LogP contribution in [-0.2, 0) is 41.6 Å². The van der Waals surface area contributed by atoms with Gasteiger partial charge in [-0.2, -0.15) is 0 Å². The summed E-state index contributed by atoms with van der Waals surface area (Å²) in [7, 11) is 0. The van der Waals surface area contributed by atoms with Crippen molar-refractivity contribution in [1.82, 2.24) is 26.6 Å². The number of carbonyl (C=O) groups excluding carboxylic acids is 6. The van der Waals surface area contributed by atoms with Gasteiger partial charge in [0, 0.05) is 19.4 Å². The van der Waals surface area contributed by atoms with Crippen LogP contribution < -0.4 is 43.8 Å². The van der Waals surface area contributed by atoms with Crippen molar-refractivity contribution in [3.05, 3.63) is 77.9 Å². The van der Waals surface area contributed by atoms with Gasteiger partial charge in [-0.3, -0.25) is 33.8 Å². The Balaban J connectivity index is 1.67. The van der Waals surface area contributed by atoms with E-state index in [9.17, 15) is 33.9 Å². The molecule has 3 aromatic carbocycles. The van der Waals surface area contributed by atoms with Gasteiger partial charge in [0.05, 0.1) is 13.0 Å². The average molecular weight is 688 g/mol. The van der Waals surface area contributed by atoms with E-state index in [1.54, 1.807) is 12.1 Å². The van der Waals surface area contributed by atoms with Crippen molar-refractivity contribution in [2.75, 3.05) is 13.1 Å². The Morgan fingerprint density at radius 1 is 0.700 bits per heavy atom. The SMILES string of the molecule is NC(=O)CC1NC(=O)C(Cc2ccc(O)cc2)NC(=O)CNC(=O)C(Cc2ccc3ccccc3c2)NC(=O)C(CCCN=C(N)N)NC1=O. The minimum atomic E-state index is -1.52. The highest BCUT2D eigenvalue weighted by atomic mass is 16.3. The van der Waals surface area contributed by atoms with Gasteiger partial charge in [-0.1, -0.05) is 54.6 Å². The lowest BCUT2D eigenvalue weighted by atomic mass is 10.0. The van der Waals surface area contributed by atoms with Crippen LogP contribution in [0.15, 0.2) is 71.7 Å². The monoisotopic (exact) mass is 687 g/mol. The number of nitrogens with two attached hydrogens (primary N) is 3. The van der Waals surface area contributed by atoms with E-state index < -0.39 is 72.6 Å². The minimum Gasteiger partial charge on any atom is -0.508 e. The molecule has 1 aliphatic rings. The number of aromatic hydroxyl groups is 1. The van der Waals surface area contributed by atoms with Crippen molar-refractivity contribution in [1.29, 1.82) is 0 Å². The van der Waals surface area contributed by atoms with E-state index in [1.165, 1.54) is 12.1 Å². The van der Waals surface area contributed by atoms with Crippen molar-refractivity contribution in [2.24, 2.45) is 22.2 Å². The van der Waals surface area contributed by atoms with E-state index in [4.69, 9.17) is 17.2 Å². The van der Waals surface area contributed by atoms with E-state index in [-0.39, 0.29) is 43.9 Å². The molecule has 0 radical (unpaired) electrons. The number of hydrogen-bond donors (Lipinski definition) is 9. The van der Waals surface area contributed by atoms with E-state index in [1.807, 2.05) is 42.5 Å². The number of hydrogen-bond acceptors (Lipinski definition) is 8. The van der Waals surface area contributed by atoms with Crippen LogP contribution in [0.5, 0.6) is 5.75 Å². The zero-order valence-electron chi connectivity index (χ0n) is 27.2. The molecule has 1 fully saturated rings. The van der Waals surface area contributed by atoms with Crippen LogP contribution in [-0.4, -0.2) is 83.8 Å². The van der Waals surface area contributed by atoms with Gasteiger partial charge in [0.2, 0.25) is 35.4 Å². The fourth-order valence-corrected chi connectivity index (χ4v) is 5.42. The Morgan fingerprint density at radius 3 is 1.98 bits per heavy atom. The molecule has 1 aliphatic heterocycles. The van der Waals surface area contributed by atoms with E-state index >= 15 is 0 Å². The Hall–Kier alpha value is -6.19. The first-order chi connectivity index (χ1) is 23.9. The lowest BCUT2D eigenvalue weighted by Crippen LogP contribution is -2.58. The molecule has 4 unspecified atom stereocenters. The molecule has 0 aromatic heterocycles. The summed E-state index contributed by atoms with van der Waals surface area (Å²) in [6.45, 7) is -0.427. The fraction of sp³-hybridized carbons (Fsp3) is 0.324. The quantitative estimate of drug-likeness (QED) is 0.0669. The fourth-order valence-electron chi connectivity index (χ4n) is 5.42. The molecule has 0 bridgehead atoms. The van der Waals surface area contributed by atoms with Crippen molar-refractivity contribution in [2.45, 2.75) is 56.3 Å². The molecule has 12 N–H and O–H groups in total. The number of guanidine groups is 1. The van der Waals surface area contributed by atoms with Crippen LogP contribution in [0.4, 0.5) is 0 Å². The Morgan fingerprint density at radius 2 is 1.28 bits per heavy atom. The molecular weight excluding hydrogens is 646 g/mol. The normalized spacial score (nSPS) is 20.6. The predicted molar refractivity (Wildman–Crippen MR) is 184 cm³/mol. The van der Waals surface area contributed by atoms with E-state index in [2.05, 4.69) is 31.6 Å². The van der Waals surface area contributed by atoms with Crippen LogP contribution >= 0.6 is 0 Å². The predicted octanol–water partition coefficient (Wildman–Crippen LogP) is -1.67. The first-order valence-corrected chi connectivity index (χ1v) is 16.0. The smallest absolute Gasteiger partial charge is 0.243 e. The third kappa shape index (κ3) is 10.9. The number of nitrogens with one attached hydrogen (secondary N) is 5. The molecule has 264 valence electrons.